The van der Waals surface area contributed by atoms with Gasteiger partial charge >= 0.3 is 8.80 Å². The van der Waals surface area contributed by atoms with Crippen LogP contribution in [-0.2, 0) is 19.8 Å². The maximum atomic E-state index is 5.48. The van der Waals surface area contributed by atoms with Crippen LogP contribution in [0.25, 0.3) is 0 Å². The van der Waals surface area contributed by atoms with Crippen molar-refractivity contribution in [1.29, 1.82) is 0 Å². The molecule has 1 heterocycles. The minimum atomic E-state index is -2.45. The van der Waals surface area contributed by atoms with Crippen LogP contribution in [0, 0.1) is 0 Å². The predicted molar refractivity (Wildman–Crippen MR) is 105 cm³/mol. The topological polar surface area (TPSA) is 34.8 Å². The van der Waals surface area contributed by atoms with E-state index in [4.69, 9.17) is 13.3 Å². The van der Waals surface area contributed by atoms with E-state index < -0.39 is 8.80 Å². The van der Waals surface area contributed by atoms with Crippen LogP contribution in [0.1, 0.15) is 46.0 Å². The van der Waals surface area contributed by atoms with Gasteiger partial charge in [-0.05, 0) is 12.8 Å². The lowest BCUT2D eigenvalue weighted by Crippen LogP contribution is -3.00. The number of aryl methyl sites for hydroxylation is 1. The predicted octanol–water partition coefficient (Wildman–Crippen LogP) is 0.653. The second-order valence-corrected chi connectivity index (χ2v) is 9.48. The Labute approximate surface area is 167 Å². The summed E-state index contributed by atoms with van der Waals surface area (Å²) in [4.78, 5) is 2.51. The van der Waals surface area contributed by atoms with E-state index in [-0.39, 0.29) is 12.4 Å². The van der Waals surface area contributed by atoms with Crippen LogP contribution in [0.2, 0.25) is 6.04 Å². The van der Waals surface area contributed by atoms with E-state index in [0.29, 0.717) is 0 Å². The largest absolute Gasteiger partial charge is 1.00 e. The highest BCUT2D eigenvalue weighted by molar-refractivity contribution is 6.60. The minimum Gasteiger partial charge on any atom is -1.00 e. The van der Waals surface area contributed by atoms with Gasteiger partial charge in [0, 0.05) is 64.7 Å². The number of pyridine rings is 1. The molecule has 0 saturated heterocycles. The summed E-state index contributed by atoms with van der Waals surface area (Å²) >= 11 is 0. The number of unbranched alkanes of at least 4 members (excludes halogenated alkanes) is 2. The molecule has 0 aliphatic rings. The summed E-state index contributed by atoms with van der Waals surface area (Å²) in [6.07, 6.45) is 10.3. The highest BCUT2D eigenvalue weighted by Gasteiger charge is 2.37. The number of anilines is 1. The zero-order chi connectivity index (χ0) is 18.5. The fourth-order valence-corrected chi connectivity index (χ4v) is 4.62. The Balaban J connectivity index is 0.00000625. The molecule has 0 saturated carbocycles. The maximum Gasteiger partial charge on any atom is 0.500 e. The highest BCUT2D eigenvalue weighted by Crippen LogP contribution is 2.16. The van der Waals surface area contributed by atoms with Gasteiger partial charge in [0.1, 0.15) is 6.54 Å². The molecule has 0 bridgehead atoms. The molecule has 152 valence electrons. The van der Waals surface area contributed by atoms with Crippen LogP contribution in [0.3, 0.4) is 0 Å². The highest BCUT2D eigenvalue weighted by atomic mass is 35.5. The monoisotopic (exact) mass is 404 g/mol. The molecule has 26 heavy (non-hydrogen) atoms. The average molecular weight is 405 g/mol. The fourth-order valence-electron chi connectivity index (χ4n) is 2.91. The van der Waals surface area contributed by atoms with Crippen LogP contribution in [-0.4, -0.2) is 43.2 Å². The van der Waals surface area contributed by atoms with Crippen LogP contribution in [0.5, 0.6) is 0 Å². The molecule has 0 spiro atoms. The zero-order valence-electron chi connectivity index (χ0n) is 17.2. The van der Waals surface area contributed by atoms with Gasteiger partial charge < -0.3 is 30.6 Å². The minimum absolute atomic E-state index is 0. The van der Waals surface area contributed by atoms with Gasteiger partial charge in [-0.15, -0.1) is 0 Å². The molecular formula is C19H37ClN2O3Si. The number of hydrogen-bond acceptors (Lipinski definition) is 4. The molecule has 1 aromatic rings. The Morgan fingerprint density at radius 2 is 1.38 bits per heavy atom. The Hall–Kier alpha value is -0.663. The van der Waals surface area contributed by atoms with Crippen molar-refractivity contribution in [2.24, 2.45) is 0 Å². The maximum absolute atomic E-state index is 5.48. The van der Waals surface area contributed by atoms with Gasteiger partial charge in [0.25, 0.3) is 0 Å². The van der Waals surface area contributed by atoms with E-state index in [2.05, 4.69) is 47.8 Å². The van der Waals surface area contributed by atoms with Crippen molar-refractivity contribution in [1.82, 2.24) is 0 Å². The molecule has 1 rings (SSSR count). The Kier molecular flexibility index (Phi) is 14.0. The van der Waals surface area contributed by atoms with Crippen molar-refractivity contribution in [2.75, 3.05) is 39.3 Å². The molecule has 1 aromatic heterocycles. The standard InChI is InChI=1S/C19H37N2O3Si.ClH/c1-6-8-14-21(15-9-7-2)19-11-16-20(17-12-19)13-10-18-25(22-3,23-4)24-5;/h11-12,16-17H,6-10,13-15,18H2,1-5H3;1H/q+1;/p-1. The zero-order valence-corrected chi connectivity index (χ0v) is 18.9. The molecule has 0 aromatic carbocycles. The van der Waals surface area contributed by atoms with E-state index in [1.807, 2.05) is 0 Å². The molecular weight excluding hydrogens is 368 g/mol. The molecule has 0 fully saturated rings. The third-order valence-electron chi connectivity index (χ3n) is 4.63. The molecule has 5 nitrogen and oxygen atoms in total. The number of halogens is 1. The van der Waals surface area contributed by atoms with Crippen LogP contribution < -0.4 is 21.9 Å². The fraction of sp³-hybridized carbons (Fsp3) is 0.737. The van der Waals surface area contributed by atoms with Gasteiger partial charge in [0.2, 0.25) is 0 Å². The summed E-state index contributed by atoms with van der Waals surface area (Å²) in [5.74, 6) is 0. The van der Waals surface area contributed by atoms with Crippen molar-refractivity contribution in [3.63, 3.8) is 0 Å². The van der Waals surface area contributed by atoms with Crippen molar-refractivity contribution < 1.29 is 30.3 Å². The van der Waals surface area contributed by atoms with Crippen molar-refractivity contribution in [2.45, 2.75) is 58.5 Å². The molecule has 0 atom stereocenters. The van der Waals surface area contributed by atoms with Crippen LogP contribution in [0.15, 0.2) is 24.5 Å². The Morgan fingerprint density at radius 1 is 0.885 bits per heavy atom. The second-order valence-electron chi connectivity index (χ2n) is 6.39. The van der Waals surface area contributed by atoms with E-state index >= 15 is 0 Å². The van der Waals surface area contributed by atoms with Gasteiger partial charge in [0.05, 0.1) is 0 Å². The molecule has 0 N–H and O–H groups in total. The average Bonchev–Trinajstić information content (AvgIpc) is 2.66. The summed E-state index contributed by atoms with van der Waals surface area (Å²) in [5, 5.41) is 0. The van der Waals surface area contributed by atoms with Crippen molar-refractivity contribution in [3.05, 3.63) is 24.5 Å². The number of nitrogens with zero attached hydrogens (tertiary/aromatic N) is 2. The third-order valence-corrected chi connectivity index (χ3v) is 7.47. The summed E-state index contributed by atoms with van der Waals surface area (Å²) in [6, 6.07) is 5.29. The van der Waals surface area contributed by atoms with Crippen LogP contribution in [0.4, 0.5) is 5.69 Å². The van der Waals surface area contributed by atoms with Gasteiger partial charge in [-0.25, -0.2) is 4.57 Å². The molecule has 0 unspecified atom stereocenters. The molecule has 0 aliphatic carbocycles. The third kappa shape index (κ3) is 8.35. The number of aromatic nitrogens is 1. The second kappa shape index (κ2) is 14.4. The molecule has 7 heteroatoms. The summed E-state index contributed by atoms with van der Waals surface area (Å²) in [5.41, 5.74) is 1.33. The summed E-state index contributed by atoms with van der Waals surface area (Å²) in [6.45, 7) is 7.73. The Morgan fingerprint density at radius 3 is 1.81 bits per heavy atom. The summed E-state index contributed by atoms with van der Waals surface area (Å²) in [7, 11) is 2.56. The molecule has 0 amide bonds. The van der Waals surface area contributed by atoms with Gasteiger partial charge in [-0.1, -0.05) is 26.7 Å². The van der Waals surface area contributed by atoms with Crippen molar-refractivity contribution >= 4 is 14.5 Å². The van der Waals surface area contributed by atoms with Gasteiger partial charge in [0.15, 0.2) is 12.4 Å². The van der Waals surface area contributed by atoms with E-state index in [9.17, 15) is 0 Å². The van der Waals surface area contributed by atoms with E-state index in [0.717, 1.165) is 32.1 Å². The lowest BCUT2D eigenvalue weighted by atomic mass is 10.2. The lowest BCUT2D eigenvalue weighted by molar-refractivity contribution is -0.696. The molecule has 0 radical (unpaired) electrons. The normalized spacial score (nSPS) is 11.3. The van der Waals surface area contributed by atoms with Crippen molar-refractivity contribution in [3.8, 4) is 0 Å². The quantitative estimate of drug-likeness (QED) is 0.337. The van der Waals surface area contributed by atoms with E-state index in [1.54, 1.807) is 21.3 Å². The van der Waals surface area contributed by atoms with Crippen LogP contribution >= 0.6 is 0 Å². The Bertz CT molecular complexity index is 442. The number of hydrogen-bond donors (Lipinski definition) is 0. The first-order valence-corrected chi connectivity index (χ1v) is 11.5. The number of rotatable bonds is 14. The first kappa shape index (κ1) is 25.3. The first-order valence-electron chi connectivity index (χ1n) is 9.54. The first-order chi connectivity index (χ1) is 12.1. The SMILES string of the molecule is CCCCN(CCCC)c1cc[n+](CCC[Si](OC)(OC)OC)cc1.[Cl-]. The van der Waals surface area contributed by atoms with Gasteiger partial charge in [-0.2, -0.15) is 0 Å². The lowest BCUT2D eigenvalue weighted by Gasteiger charge is -2.24. The van der Waals surface area contributed by atoms with E-state index in [1.165, 1.54) is 31.4 Å². The summed E-state index contributed by atoms with van der Waals surface area (Å²) < 4.78 is 18.7. The van der Waals surface area contributed by atoms with Gasteiger partial charge in [-0.3, -0.25) is 0 Å². The molecule has 0 aliphatic heterocycles. The smallest absolute Gasteiger partial charge is 0.500 e.